The normalized spacial score (nSPS) is 15.8. The number of alkyl halides is 6. The average molecular weight is 1150 g/mol. The molecule has 2 heterocycles. The molecule has 0 aliphatic carbocycles. The van der Waals surface area contributed by atoms with Crippen molar-refractivity contribution in [1.29, 1.82) is 5.26 Å². The molecule has 2 atom stereocenters. The van der Waals surface area contributed by atoms with Crippen LogP contribution in [0.2, 0.25) is 10.0 Å². The summed E-state index contributed by atoms with van der Waals surface area (Å²) in [5.74, 6) is -0.284. The third-order valence-corrected chi connectivity index (χ3v) is 13.4. The predicted molar refractivity (Wildman–Crippen MR) is 286 cm³/mol. The number of carbonyl (C=O) groups excluding carboxylic acids is 4. The second-order valence-electron chi connectivity index (χ2n) is 18.8. The van der Waals surface area contributed by atoms with Gasteiger partial charge in [0.15, 0.2) is 11.5 Å². The van der Waals surface area contributed by atoms with Gasteiger partial charge in [0.05, 0.1) is 49.6 Å². The molecule has 2 N–H and O–H groups in total. The number of piperazine rings is 1. The van der Waals surface area contributed by atoms with Crippen LogP contribution in [0, 0.1) is 11.3 Å². The van der Waals surface area contributed by atoms with Gasteiger partial charge in [-0.15, -0.1) is 0 Å². The molecule has 80 heavy (non-hydrogen) atoms. The average Bonchev–Trinajstić information content (AvgIpc) is 3.92. The van der Waals surface area contributed by atoms with Crippen LogP contribution in [0.4, 0.5) is 31.1 Å². The fraction of sp³-hybridized carbons (Fsp3) is 0.333. The maximum Gasteiger partial charge on any atom is 0.416 e. The Balaban J connectivity index is 0.906. The van der Waals surface area contributed by atoms with Crippen molar-refractivity contribution in [2.24, 2.45) is 4.99 Å². The minimum absolute atomic E-state index is 0.0136. The van der Waals surface area contributed by atoms with E-state index in [9.17, 15) is 46.0 Å². The van der Waals surface area contributed by atoms with Gasteiger partial charge in [-0.25, -0.2) is 4.79 Å². The summed E-state index contributed by atoms with van der Waals surface area (Å²) in [6.45, 7) is 3.09. The summed E-state index contributed by atoms with van der Waals surface area (Å²) in [6.07, 6.45) is -7.50. The van der Waals surface area contributed by atoms with Gasteiger partial charge in [0, 0.05) is 47.9 Å². The molecular formula is C57H55Cl2F6N7O8. The molecule has 2 aliphatic heterocycles. The van der Waals surface area contributed by atoms with Crippen molar-refractivity contribution in [2.45, 2.75) is 70.3 Å². The van der Waals surface area contributed by atoms with Crippen molar-refractivity contribution in [3.63, 3.8) is 0 Å². The van der Waals surface area contributed by atoms with E-state index in [0.717, 1.165) is 11.1 Å². The van der Waals surface area contributed by atoms with Crippen molar-refractivity contribution < 1.29 is 64.5 Å². The van der Waals surface area contributed by atoms with Gasteiger partial charge in [-0.05, 0) is 117 Å². The maximum atomic E-state index is 15.1. The number of nitrogens with one attached hydrogen (secondary N) is 2. The van der Waals surface area contributed by atoms with Gasteiger partial charge < -0.3 is 39.4 Å². The van der Waals surface area contributed by atoms with Gasteiger partial charge >= 0.3 is 18.4 Å². The van der Waals surface area contributed by atoms with E-state index < -0.39 is 71.5 Å². The highest BCUT2D eigenvalue weighted by Crippen LogP contribution is 2.46. The number of ether oxygens (including phenoxy) is 4. The lowest BCUT2D eigenvalue weighted by Gasteiger charge is -2.38. The number of carbonyl (C=O) groups is 4. The van der Waals surface area contributed by atoms with Gasteiger partial charge in [-0.3, -0.25) is 24.3 Å². The number of unbranched alkanes of at least 4 members (excludes halogenated alkanes) is 2. The molecule has 0 aromatic heterocycles. The minimum Gasteiger partial charge on any atom is -0.497 e. The molecule has 5 aromatic rings. The van der Waals surface area contributed by atoms with Crippen LogP contribution >= 0.6 is 23.2 Å². The Kier molecular flexibility index (Phi) is 19.6. The van der Waals surface area contributed by atoms with Crippen LogP contribution in [0.25, 0.3) is 6.08 Å². The lowest BCUT2D eigenvalue weighted by molar-refractivity contribution is -0.143. The summed E-state index contributed by atoms with van der Waals surface area (Å²) < 4.78 is 103. The zero-order valence-electron chi connectivity index (χ0n) is 43.7. The molecule has 15 nitrogen and oxygen atoms in total. The molecule has 23 heteroatoms. The number of nitriles is 1. The van der Waals surface area contributed by atoms with E-state index in [2.05, 4.69) is 10.6 Å². The summed E-state index contributed by atoms with van der Waals surface area (Å²) in [7, 11) is 2.78. The summed E-state index contributed by atoms with van der Waals surface area (Å²) in [4.78, 5) is 64.4. The molecule has 2 aliphatic rings. The van der Waals surface area contributed by atoms with Crippen molar-refractivity contribution in [3.8, 4) is 29.1 Å². The van der Waals surface area contributed by atoms with Gasteiger partial charge in [0.1, 0.15) is 48.2 Å². The SMILES string of the molecule is COc1ccc(C2=N[C@H](c3ccc(Cl)cc3)[C@H](c3ccc(Cl)cc3)N2C(=O)N2CCN(CC(=O)NCCCCCNC(=O)/C(C#N)=C/c3ccc(OCc4ccc(C(F)(F)F)cc4C(F)(F)F)c(OC)c3)C(=O)C2)c(OC(C)C)c1. The predicted octanol–water partition coefficient (Wildman–Crippen LogP) is 11.2. The molecule has 422 valence electrons. The van der Waals surface area contributed by atoms with Gasteiger partial charge in [-0.2, -0.15) is 31.6 Å². The summed E-state index contributed by atoms with van der Waals surface area (Å²) in [5.41, 5.74) is -1.45. The van der Waals surface area contributed by atoms with Crippen molar-refractivity contribution in [1.82, 2.24) is 25.3 Å². The fourth-order valence-corrected chi connectivity index (χ4v) is 9.15. The van der Waals surface area contributed by atoms with E-state index in [0.29, 0.717) is 69.9 Å². The zero-order chi connectivity index (χ0) is 57.9. The number of hydrogen-bond acceptors (Lipinski definition) is 10. The number of halogens is 8. The Morgan fingerprint density at radius 3 is 2.08 bits per heavy atom. The molecule has 1 saturated heterocycles. The third-order valence-electron chi connectivity index (χ3n) is 12.9. The Morgan fingerprint density at radius 1 is 0.787 bits per heavy atom. The molecule has 0 saturated carbocycles. The first-order valence-corrected chi connectivity index (χ1v) is 25.9. The molecule has 0 radical (unpaired) electrons. The number of benzene rings is 5. The van der Waals surface area contributed by atoms with Gasteiger partial charge in [0.25, 0.3) is 5.91 Å². The number of nitrogens with zero attached hydrogens (tertiary/aromatic N) is 5. The summed E-state index contributed by atoms with van der Waals surface area (Å²) in [5, 5.41) is 16.2. The first-order valence-electron chi connectivity index (χ1n) is 25.1. The minimum atomic E-state index is -5.09. The Morgan fingerprint density at radius 2 is 1.46 bits per heavy atom. The van der Waals surface area contributed by atoms with Crippen molar-refractivity contribution in [3.05, 3.63) is 158 Å². The smallest absolute Gasteiger partial charge is 0.416 e. The van der Waals surface area contributed by atoms with E-state index in [-0.39, 0.29) is 68.5 Å². The Bertz CT molecular complexity index is 3170. The van der Waals surface area contributed by atoms with Crippen molar-refractivity contribution in [2.75, 3.05) is 53.5 Å². The molecule has 1 fully saturated rings. The molecule has 5 aromatic carbocycles. The topological polar surface area (TPSA) is 175 Å². The van der Waals surface area contributed by atoms with Gasteiger partial charge in [-0.1, -0.05) is 59.6 Å². The van der Waals surface area contributed by atoms with E-state index in [1.54, 1.807) is 47.4 Å². The molecular weight excluding hydrogens is 1100 g/mol. The van der Waals surface area contributed by atoms with Crippen LogP contribution in [-0.4, -0.2) is 104 Å². The van der Waals surface area contributed by atoms with Crippen molar-refractivity contribution >= 4 is 58.9 Å². The number of amides is 5. The van der Waals surface area contributed by atoms with Gasteiger partial charge in [0.2, 0.25) is 11.8 Å². The maximum absolute atomic E-state index is 15.1. The quantitative estimate of drug-likeness (QED) is 0.0332. The highest BCUT2D eigenvalue weighted by atomic mass is 35.5. The zero-order valence-corrected chi connectivity index (χ0v) is 45.2. The molecule has 0 unspecified atom stereocenters. The van der Waals surface area contributed by atoms with E-state index in [4.69, 9.17) is 47.1 Å². The lowest BCUT2D eigenvalue weighted by atomic mass is 9.93. The standard InChI is InChI=1S/C57H55Cl2F6N7O8/c1-34(2)80-47-29-43(77-3)19-20-44(47)53-69-51(36-10-15-41(58)16-11-36)52(37-12-17-42(59)18-13-37)72(53)55(76)71-25-24-70(50(74)32-71)31-49(73)67-22-6-5-7-23-68-54(75)39(30-66)26-35-8-21-46(48(27-35)78-4)79-33-38-9-14-40(56(60,61)62)28-45(38)57(63,64)65/h8-21,26-29,34,51-52H,5-7,22-25,31-33H2,1-4H3,(H,67,73)(H,68,75)/b39-26+/t51-,52+/m1/s1. The molecule has 0 spiro atoms. The molecule has 5 amide bonds. The number of methoxy groups -OCH3 is 2. The van der Waals surface area contributed by atoms with Crippen LogP contribution in [0.1, 0.15) is 84.1 Å². The van der Waals surface area contributed by atoms with E-state index >= 15 is 4.79 Å². The van der Waals surface area contributed by atoms with Crippen LogP contribution < -0.4 is 29.6 Å². The van der Waals surface area contributed by atoms with Crippen LogP contribution in [0.3, 0.4) is 0 Å². The Labute approximate surface area is 467 Å². The highest BCUT2D eigenvalue weighted by molar-refractivity contribution is 6.30. The van der Waals surface area contributed by atoms with Crippen LogP contribution in [0.15, 0.2) is 114 Å². The monoisotopic (exact) mass is 1150 g/mol. The second-order valence-corrected chi connectivity index (χ2v) is 19.6. The number of urea groups is 1. The first kappa shape index (κ1) is 59.7. The van der Waals surface area contributed by atoms with E-state index in [1.165, 1.54) is 48.3 Å². The number of rotatable bonds is 20. The first-order chi connectivity index (χ1) is 38.1. The largest absolute Gasteiger partial charge is 0.497 e. The summed E-state index contributed by atoms with van der Waals surface area (Å²) in [6, 6.07) is 24.9. The Hall–Kier alpha value is -7.96. The number of amidine groups is 1. The van der Waals surface area contributed by atoms with E-state index in [1.807, 2.05) is 44.2 Å². The molecule has 0 bridgehead atoms. The third kappa shape index (κ3) is 15.0. The highest BCUT2D eigenvalue weighted by Gasteiger charge is 2.46. The second kappa shape index (κ2) is 26.3. The lowest BCUT2D eigenvalue weighted by Crippen LogP contribution is -2.57. The fourth-order valence-electron chi connectivity index (χ4n) is 8.90. The van der Waals surface area contributed by atoms with Crippen LogP contribution in [-0.2, 0) is 33.3 Å². The number of aliphatic imine (C=N–C) groups is 1. The van der Waals surface area contributed by atoms with Crippen LogP contribution in [0.5, 0.6) is 23.0 Å². The number of hydrogen-bond donors (Lipinski definition) is 2. The summed E-state index contributed by atoms with van der Waals surface area (Å²) >= 11 is 12.7. The molecule has 7 rings (SSSR count).